The van der Waals surface area contributed by atoms with Gasteiger partial charge in [0.2, 0.25) is 11.6 Å². The van der Waals surface area contributed by atoms with Crippen molar-refractivity contribution in [3.63, 3.8) is 0 Å². The molecular weight excluding hydrogens is 258 g/mol. The van der Waals surface area contributed by atoms with Gasteiger partial charge in [0, 0.05) is 12.1 Å². The standard InChI is InChI=1S/C13H21N5O2/c1-9(2)16-12-11(18(19)20)13(15-8-14-12)17-10-6-4-3-5-7-10/h8-10H,3-7H2,1-2H3,(H2,14,15,16,17). The normalized spacial score (nSPS) is 16.1. The van der Waals surface area contributed by atoms with E-state index in [0.717, 1.165) is 25.7 Å². The molecule has 20 heavy (non-hydrogen) atoms. The number of hydrogen-bond acceptors (Lipinski definition) is 6. The van der Waals surface area contributed by atoms with Gasteiger partial charge in [0.15, 0.2) is 0 Å². The minimum absolute atomic E-state index is 0.0632. The topological polar surface area (TPSA) is 93.0 Å². The maximum atomic E-state index is 11.3. The van der Waals surface area contributed by atoms with E-state index < -0.39 is 4.92 Å². The number of nitrogens with zero attached hydrogens (tertiary/aromatic N) is 3. The predicted molar refractivity (Wildman–Crippen MR) is 77.9 cm³/mol. The van der Waals surface area contributed by atoms with Gasteiger partial charge in [-0.15, -0.1) is 0 Å². The Kier molecular flexibility index (Phi) is 4.70. The van der Waals surface area contributed by atoms with Crippen LogP contribution in [0.4, 0.5) is 17.3 Å². The number of nitrogens with one attached hydrogen (secondary N) is 2. The molecule has 7 nitrogen and oxygen atoms in total. The molecule has 0 aliphatic heterocycles. The fraction of sp³-hybridized carbons (Fsp3) is 0.692. The number of hydrogen-bond donors (Lipinski definition) is 2. The summed E-state index contributed by atoms with van der Waals surface area (Å²) in [6.07, 6.45) is 7.00. The smallest absolute Gasteiger partial charge is 0.353 e. The van der Waals surface area contributed by atoms with Gasteiger partial charge in [0.25, 0.3) is 0 Å². The van der Waals surface area contributed by atoms with Gasteiger partial charge in [0.05, 0.1) is 4.92 Å². The molecule has 1 aromatic heterocycles. The first-order valence-electron chi connectivity index (χ1n) is 7.10. The third-order valence-corrected chi connectivity index (χ3v) is 3.38. The summed E-state index contributed by atoms with van der Waals surface area (Å²) in [6.45, 7) is 3.83. The molecule has 0 bridgehead atoms. The van der Waals surface area contributed by atoms with Gasteiger partial charge in [-0.05, 0) is 26.7 Å². The molecule has 0 amide bonds. The van der Waals surface area contributed by atoms with Crippen molar-refractivity contribution in [2.24, 2.45) is 0 Å². The lowest BCUT2D eigenvalue weighted by Gasteiger charge is -2.23. The van der Waals surface area contributed by atoms with E-state index in [1.807, 2.05) is 13.8 Å². The highest BCUT2D eigenvalue weighted by Gasteiger charge is 2.25. The molecule has 1 saturated carbocycles. The molecular formula is C13H21N5O2. The zero-order valence-corrected chi connectivity index (χ0v) is 11.9. The molecule has 1 heterocycles. The molecule has 1 fully saturated rings. The van der Waals surface area contributed by atoms with Crippen LogP contribution in [0.5, 0.6) is 0 Å². The van der Waals surface area contributed by atoms with Crippen molar-refractivity contribution in [3.8, 4) is 0 Å². The van der Waals surface area contributed by atoms with E-state index in [9.17, 15) is 10.1 Å². The Labute approximate surface area is 118 Å². The van der Waals surface area contributed by atoms with Gasteiger partial charge in [-0.25, -0.2) is 9.97 Å². The molecule has 1 aromatic rings. The molecule has 0 spiro atoms. The molecule has 1 aliphatic rings. The second kappa shape index (κ2) is 6.49. The van der Waals surface area contributed by atoms with E-state index in [1.165, 1.54) is 12.7 Å². The average Bonchev–Trinajstić information content (AvgIpc) is 2.39. The summed E-state index contributed by atoms with van der Waals surface area (Å²) in [7, 11) is 0. The lowest BCUT2D eigenvalue weighted by Crippen LogP contribution is -2.24. The van der Waals surface area contributed by atoms with Crippen LogP contribution < -0.4 is 10.6 Å². The van der Waals surface area contributed by atoms with Crippen LogP contribution in [0.3, 0.4) is 0 Å². The number of nitro groups is 1. The first kappa shape index (κ1) is 14.5. The Bertz CT molecular complexity index is 472. The van der Waals surface area contributed by atoms with Crippen molar-refractivity contribution in [2.45, 2.75) is 58.0 Å². The quantitative estimate of drug-likeness (QED) is 0.636. The van der Waals surface area contributed by atoms with E-state index in [-0.39, 0.29) is 23.6 Å². The van der Waals surface area contributed by atoms with Gasteiger partial charge in [0.1, 0.15) is 6.33 Å². The summed E-state index contributed by atoms with van der Waals surface area (Å²) in [4.78, 5) is 18.9. The SMILES string of the molecule is CC(C)Nc1ncnc(NC2CCCCC2)c1[N+](=O)[O-]. The van der Waals surface area contributed by atoms with Crippen LogP contribution >= 0.6 is 0 Å². The Balaban J connectivity index is 2.24. The van der Waals surface area contributed by atoms with Crippen LogP contribution in [0.1, 0.15) is 46.0 Å². The molecule has 2 N–H and O–H groups in total. The van der Waals surface area contributed by atoms with Crippen molar-refractivity contribution in [3.05, 3.63) is 16.4 Å². The number of aromatic nitrogens is 2. The van der Waals surface area contributed by atoms with Gasteiger partial charge >= 0.3 is 5.69 Å². The van der Waals surface area contributed by atoms with Crippen molar-refractivity contribution >= 4 is 17.3 Å². The number of rotatable bonds is 5. The Morgan fingerprint density at radius 3 is 2.50 bits per heavy atom. The third-order valence-electron chi connectivity index (χ3n) is 3.38. The maximum absolute atomic E-state index is 11.3. The number of anilines is 2. The fourth-order valence-corrected chi connectivity index (χ4v) is 2.48. The fourth-order valence-electron chi connectivity index (χ4n) is 2.48. The molecule has 110 valence electrons. The lowest BCUT2D eigenvalue weighted by atomic mass is 9.95. The summed E-state index contributed by atoms with van der Waals surface area (Å²) < 4.78 is 0. The van der Waals surface area contributed by atoms with Gasteiger partial charge in [-0.1, -0.05) is 19.3 Å². The Morgan fingerprint density at radius 2 is 1.90 bits per heavy atom. The zero-order chi connectivity index (χ0) is 14.5. The molecule has 0 aromatic carbocycles. The van der Waals surface area contributed by atoms with Crippen molar-refractivity contribution in [1.29, 1.82) is 0 Å². The van der Waals surface area contributed by atoms with Gasteiger partial charge < -0.3 is 10.6 Å². The monoisotopic (exact) mass is 279 g/mol. The molecule has 0 atom stereocenters. The zero-order valence-electron chi connectivity index (χ0n) is 11.9. The summed E-state index contributed by atoms with van der Waals surface area (Å²) in [5.41, 5.74) is -0.0632. The highest BCUT2D eigenvalue weighted by molar-refractivity contribution is 5.69. The molecule has 0 radical (unpaired) electrons. The van der Waals surface area contributed by atoms with E-state index in [2.05, 4.69) is 20.6 Å². The highest BCUT2D eigenvalue weighted by Crippen LogP contribution is 2.31. The minimum atomic E-state index is -0.421. The third kappa shape index (κ3) is 3.55. The summed E-state index contributed by atoms with van der Waals surface area (Å²) in [5, 5.41) is 17.5. The van der Waals surface area contributed by atoms with Crippen LogP contribution in [0.25, 0.3) is 0 Å². The summed E-state index contributed by atoms with van der Waals surface area (Å²) >= 11 is 0. The van der Waals surface area contributed by atoms with Crippen LogP contribution in [0.2, 0.25) is 0 Å². The van der Waals surface area contributed by atoms with Gasteiger partial charge in [-0.2, -0.15) is 0 Å². The summed E-state index contributed by atoms with van der Waals surface area (Å²) in [6, 6.07) is 0.343. The average molecular weight is 279 g/mol. The molecule has 0 saturated heterocycles. The highest BCUT2D eigenvalue weighted by atomic mass is 16.6. The van der Waals surface area contributed by atoms with Crippen LogP contribution in [-0.2, 0) is 0 Å². The molecule has 0 unspecified atom stereocenters. The van der Waals surface area contributed by atoms with Crippen LogP contribution in [0, 0.1) is 10.1 Å². The van der Waals surface area contributed by atoms with Gasteiger partial charge in [-0.3, -0.25) is 10.1 Å². The summed E-state index contributed by atoms with van der Waals surface area (Å²) in [5.74, 6) is 0.596. The van der Waals surface area contributed by atoms with Crippen LogP contribution in [-0.4, -0.2) is 27.0 Å². The second-order valence-electron chi connectivity index (χ2n) is 5.45. The predicted octanol–water partition coefficient (Wildman–Crippen LogP) is 2.95. The first-order chi connectivity index (χ1) is 9.58. The molecule has 2 rings (SSSR count). The van der Waals surface area contributed by atoms with E-state index in [1.54, 1.807) is 0 Å². The van der Waals surface area contributed by atoms with Crippen molar-refractivity contribution in [1.82, 2.24) is 9.97 Å². The Morgan fingerprint density at radius 1 is 1.25 bits per heavy atom. The lowest BCUT2D eigenvalue weighted by molar-refractivity contribution is -0.383. The Hall–Kier alpha value is -1.92. The van der Waals surface area contributed by atoms with E-state index >= 15 is 0 Å². The van der Waals surface area contributed by atoms with Crippen molar-refractivity contribution in [2.75, 3.05) is 10.6 Å². The first-order valence-corrected chi connectivity index (χ1v) is 7.10. The minimum Gasteiger partial charge on any atom is -0.362 e. The van der Waals surface area contributed by atoms with E-state index in [0.29, 0.717) is 5.82 Å². The molecule has 7 heteroatoms. The van der Waals surface area contributed by atoms with E-state index in [4.69, 9.17) is 0 Å². The maximum Gasteiger partial charge on any atom is 0.353 e. The van der Waals surface area contributed by atoms with Crippen LogP contribution in [0.15, 0.2) is 6.33 Å². The molecule has 1 aliphatic carbocycles. The largest absolute Gasteiger partial charge is 0.362 e. The second-order valence-corrected chi connectivity index (χ2v) is 5.45. The van der Waals surface area contributed by atoms with Crippen molar-refractivity contribution < 1.29 is 4.92 Å².